The monoisotopic (exact) mass is 372 g/mol. The van der Waals surface area contributed by atoms with Crippen LogP contribution in [0.15, 0.2) is 41.1 Å². The average molecular weight is 373 g/mol. The van der Waals surface area contributed by atoms with Crippen molar-refractivity contribution in [2.24, 2.45) is 0 Å². The predicted octanol–water partition coefficient (Wildman–Crippen LogP) is 4.46. The van der Waals surface area contributed by atoms with Crippen LogP contribution in [0.1, 0.15) is 12.5 Å². The molecule has 4 nitrogen and oxygen atoms in total. The molecule has 0 saturated heterocycles. The number of aromatic nitrogens is 1. The number of halogens is 3. The van der Waals surface area contributed by atoms with Crippen molar-refractivity contribution in [3.05, 3.63) is 46.7 Å². The summed E-state index contributed by atoms with van der Waals surface area (Å²) in [5.41, 5.74) is 1.73. The molecule has 0 aliphatic rings. The van der Waals surface area contributed by atoms with Gasteiger partial charge in [-0.25, -0.2) is 0 Å². The maximum atomic E-state index is 12.3. The first-order chi connectivity index (χ1) is 10.6. The first-order valence-electron chi connectivity index (χ1n) is 6.63. The molecule has 0 aliphatic carbocycles. The van der Waals surface area contributed by atoms with Gasteiger partial charge in [0, 0.05) is 17.2 Å². The zero-order valence-electron chi connectivity index (χ0n) is 11.9. The van der Waals surface area contributed by atoms with Gasteiger partial charge in [-0.1, -0.05) is 6.07 Å². The zero-order valence-corrected chi connectivity index (χ0v) is 13.4. The Hall–Kier alpha value is -1.89. The molecule has 0 saturated carbocycles. The molecule has 0 unspecified atom stereocenters. The summed E-state index contributed by atoms with van der Waals surface area (Å²) in [7, 11) is 0. The molecule has 0 radical (unpaired) electrons. The van der Waals surface area contributed by atoms with Gasteiger partial charge < -0.3 is 14.8 Å². The van der Waals surface area contributed by atoms with Crippen LogP contribution in [0.3, 0.4) is 0 Å². The fourth-order valence-corrected chi connectivity index (χ4v) is 2.20. The molecule has 0 bridgehead atoms. The smallest absolute Gasteiger partial charge is 0.387 e. The lowest BCUT2D eigenvalue weighted by molar-refractivity contribution is -0.0514. The second-order valence-electron chi connectivity index (χ2n) is 4.34. The molecule has 1 N–H and O–H groups in total. The van der Waals surface area contributed by atoms with Crippen LogP contribution in [0, 0.1) is 0 Å². The molecule has 22 heavy (non-hydrogen) atoms. The SMILES string of the molecule is CCOc1cc(CNc2cncc(Br)c2)ccc1OC(F)F. The molecule has 2 rings (SSSR count). The second kappa shape index (κ2) is 7.93. The fraction of sp³-hybridized carbons (Fsp3) is 0.267. The van der Waals surface area contributed by atoms with Gasteiger partial charge in [-0.3, -0.25) is 4.98 Å². The molecule has 0 aliphatic heterocycles. The summed E-state index contributed by atoms with van der Waals surface area (Å²) < 4.78 is 35.3. The molecule has 0 atom stereocenters. The van der Waals surface area contributed by atoms with Gasteiger partial charge in [-0.05, 0) is 46.6 Å². The van der Waals surface area contributed by atoms with Crippen LogP contribution in [-0.2, 0) is 6.54 Å². The Morgan fingerprint density at radius 2 is 2.05 bits per heavy atom. The van der Waals surface area contributed by atoms with Gasteiger partial charge in [0.1, 0.15) is 0 Å². The molecular formula is C15H15BrF2N2O2. The first kappa shape index (κ1) is 16.5. The van der Waals surface area contributed by atoms with E-state index in [1.165, 1.54) is 6.07 Å². The number of hydrogen-bond donors (Lipinski definition) is 1. The van der Waals surface area contributed by atoms with E-state index in [-0.39, 0.29) is 5.75 Å². The second-order valence-corrected chi connectivity index (χ2v) is 5.25. The quantitative estimate of drug-likeness (QED) is 0.779. The maximum Gasteiger partial charge on any atom is 0.387 e. The molecule has 1 heterocycles. The lowest BCUT2D eigenvalue weighted by Crippen LogP contribution is -2.06. The summed E-state index contributed by atoms with van der Waals surface area (Å²) >= 11 is 3.34. The molecule has 118 valence electrons. The van der Waals surface area contributed by atoms with E-state index in [0.29, 0.717) is 18.9 Å². The molecule has 1 aromatic carbocycles. The average Bonchev–Trinajstić information content (AvgIpc) is 2.47. The van der Waals surface area contributed by atoms with Crippen LogP contribution in [0.25, 0.3) is 0 Å². The minimum Gasteiger partial charge on any atom is -0.490 e. The lowest BCUT2D eigenvalue weighted by Gasteiger charge is -2.13. The standard InChI is InChI=1S/C15H15BrF2N2O2/c1-2-21-14-5-10(3-4-13(14)22-15(17)18)7-20-12-6-11(16)8-19-9-12/h3-6,8-9,15,20H,2,7H2,1H3. The summed E-state index contributed by atoms with van der Waals surface area (Å²) in [6.45, 7) is -0.223. The molecular weight excluding hydrogens is 358 g/mol. The number of nitrogens with zero attached hydrogens (tertiary/aromatic N) is 1. The Morgan fingerprint density at radius 1 is 1.23 bits per heavy atom. The summed E-state index contributed by atoms with van der Waals surface area (Å²) in [4.78, 5) is 4.05. The third-order valence-electron chi connectivity index (χ3n) is 2.73. The Bertz CT molecular complexity index is 626. The Labute approximate surface area is 135 Å². The third-order valence-corrected chi connectivity index (χ3v) is 3.16. The van der Waals surface area contributed by atoms with E-state index in [9.17, 15) is 8.78 Å². The van der Waals surface area contributed by atoms with E-state index < -0.39 is 6.61 Å². The van der Waals surface area contributed by atoms with E-state index in [2.05, 4.69) is 31.0 Å². The number of pyridine rings is 1. The zero-order chi connectivity index (χ0) is 15.9. The molecule has 0 amide bonds. The largest absolute Gasteiger partial charge is 0.490 e. The van der Waals surface area contributed by atoms with Gasteiger partial charge in [-0.15, -0.1) is 0 Å². The van der Waals surface area contributed by atoms with Crippen molar-refractivity contribution in [3.8, 4) is 11.5 Å². The van der Waals surface area contributed by atoms with Crippen LogP contribution in [0.5, 0.6) is 11.5 Å². The summed E-state index contributed by atoms with van der Waals surface area (Å²) in [5.74, 6) is 0.333. The maximum absolute atomic E-state index is 12.3. The van der Waals surface area contributed by atoms with Crippen molar-refractivity contribution in [2.75, 3.05) is 11.9 Å². The highest BCUT2D eigenvalue weighted by Crippen LogP contribution is 2.30. The Morgan fingerprint density at radius 3 is 2.73 bits per heavy atom. The number of anilines is 1. The Balaban J connectivity index is 2.09. The van der Waals surface area contributed by atoms with E-state index in [4.69, 9.17) is 4.74 Å². The normalized spacial score (nSPS) is 10.6. The highest BCUT2D eigenvalue weighted by molar-refractivity contribution is 9.10. The molecule has 1 aromatic heterocycles. The van der Waals surface area contributed by atoms with Gasteiger partial charge >= 0.3 is 6.61 Å². The topological polar surface area (TPSA) is 43.4 Å². The highest BCUT2D eigenvalue weighted by Gasteiger charge is 2.11. The van der Waals surface area contributed by atoms with Crippen LogP contribution in [0.4, 0.5) is 14.5 Å². The van der Waals surface area contributed by atoms with E-state index in [1.807, 2.05) is 6.07 Å². The van der Waals surface area contributed by atoms with Gasteiger partial charge in [0.05, 0.1) is 18.5 Å². The summed E-state index contributed by atoms with van der Waals surface area (Å²) in [6.07, 6.45) is 3.39. The van der Waals surface area contributed by atoms with E-state index in [0.717, 1.165) is 15.7 Å². The van der Waals surface area contributed by atoms with E-state index >= 15 is 0 Å². The van der Waals surface area contributed by atoms with Crippen LogP contribution < -0.4 is 14.8 Å². The van der Waals surface area contributed by atoms with Crippen molar-refractivity contribution >= 4 is 21.6 Å². The number of ether oxygens (including phenoxy) is 2. The van der Waals surface area contributed by atoms with Gasteiger partial charge in [0.25, 0.3) is 0 Å². The van der Waals surface area contributed by atoms with Gasteiger partial charge in [0.2, 0.25) is 0 Å². The molecule has 0 fully saturated rings. The number of benzene rings is 1. The summed E-state index contributed by atoms with van der Waals surface area (Å²) in [5, 5.41) is 3.19. The molecule has 7 heteroatoms. The Kier molecular flexibility index (Phi) is 5.94. The minimum atomic E-state index is -2.88. The fourth-order valence-electron chi connectivity index (χ4n) is 1.84. The van der Waals surface area contributed by atoms with Crippen LogP contribution in [-0.4, -0.2) is 18.2 Å². The van der Waals surface area contributed by atoms with Gasteiger partial charge in [-0.2, -0.15) is 8.78 Å². The number of hydrogen-bond acceptors (Lipinski definition) is 4. The first-order valence-corrected chi connectivity index (χ1v) is 7.42. The highest BCUT2D eigenvalue weighted by atomic mass is 79.9. The minimum absolute atomic E-state index is 0.0322. The molecule has 2 aromatic rings. The number of nitrogens with one attached hydrogen (secondary N) is 1. The van der Waals surface area contributed by atoms with Crippen molar-refractivity contribution < 1.29 is 18.3 Å². The summed E-state index contributed by atoms with van der Waals surface area (Å²) in [6, 6.07) is 6.76. The van der Waals surface area contributed by atoms with Gasteiger partial charge in [0.15, 0.2) is 11.5 Å². The van der Waals surface area contributed by atoms with Crippen molar-refractivity contribution in [1.82, 2.24) is 4.98 Å². The van der Waals surface area contributed by atoms with Crippen LogP contribution >= 0.6 is 15.9 Å². The number of rotatable bonds is 7. The molecule has 0 spiro atoms. The predicted molar refractivity (Wildman–Crippen MR) is 83.5 cm³/mol. The van der Waals surface area contributed by atoms with Crippen molar-refractivity contribution in [3.63, 3.8) is 0 Å². The lowest BCUT2D eigenvalue weighted by atomic mass is 10.2. The van der Waals surface area contributed by atoms with Crippen molar-refractivity contribution in [2.45, 2.75) is 20.1 Å². The number of alkyl halides is 2. The van der Waals surface area contributed by atoms with Crippen molar-refractivity contribution in [1.29, 1.82) is 0 Å². The van der Waals surface area contributed by atoms with Crippen LogP contribution in [0.2, 0.25) is 0 Å². The third kappa shape index (κ3) is 4.84. The van der Waals surface area contributed by atoms with E-state index in [1.54, 1.807) is 31.5 Å².